The minimum absolute atomic E-state index is 0.461. The Hall–Kier alpha value is -1.43. The summed E-state index contributed by atoms with van der Waals surface area (Å²) in [7, 11) is 2.06. The number of piperidine rings is 1. The molecule has 0 aromatic carbocycles. The average Bonchev–Trinajstić information content (AvgIpc) is 2.86. The highest BCUT2D eigenvalue weighted by Crippen LogP contribution is 2.30. The molecule has 6 heteroatoms. The molecule has 1 atom stereocenters. The lowest BCUT2D eigenvalue weighted by Gasteiger charge is -2.33. The molecule has 19 heavy (non-hydrogen) atoms. The van der Waals surface area contributed by atoms with Crippen LogP contribution >= 0.6 is 15.9 Å². The van der Waals surface area contributed by atoms with Crippen LogP contribution in [0.4, 0.5) is 5.82 Å². The standard InChI is InChI=1S/C13H16BrN5/c1-18-8-6-17-12(18)10-3-2-7-19(9-10)13-11(14)15-4-5-16-13/h4-6,8,10H,2-3,7,9H2,1H3. The van der Waals surface area contributed by atoms with E-state index in [1.807, 2.05) is 12.4 Å². The normalized spacial score (nSPS) is 19.7. The molecule has 2 aromatic heterocycles. The summed E-state index contributed by atoms with van der Waals surface area (Å²) in [6, 6.07) is 0. The molecule has 1 saturated heterocycles. The van der Waals surface area contributed by atoms with Gasteiger partial charge in [0.15, 0.2) is 5.82 Å². The predicted octanol–water partition coefficient (Wildman–Crippen LogP) is 2.36. The van der Waals surface area contributed by atoms with Crippen LogP contribution < -0.4 is 4.90 Å². The maximum Gasteiger partial charge on any atom is 0.161 e. The Morgan fingerprint density at radius 2 is 2.05 bits per heavy atom. The Labute approximate surface area is 120 Å². The van der Waals surface area contributed by atoms with Crippen molar-refractivity contribution < 1.29 is 0 Å². The van der Waals surface area contributed by atoms with Crippen molar-refractivity contribution in [1.29, 1.82) is 0 Å². The Kier molecular flexibility index (Phi) is 3.50. The molecule has 0 bridgehead atoms. The largest absolute Gasteiger partial charge is 0.354 e. The summed E-state index contributed by atoms with van der Waals surface area (Å²) in [5, 5.41) is 0. The summed E-state index contributed by atoms with van der Waals surface area (Å²) in [6.07, 6.45) is 9.65. The summed E-state index contributed by atoms with van der Waals surface area (Å²) in [5.74, 6) is 2.55. The lowest BCUT2D eigenvalue weighted by Crippen LogP contribution is -2.36. The molecule has 3 heterocycles. The summed E-state index contributed by atoms with van der Waals surface area (Å²) in [6.45, 7) is 1.97. The first-order valence-corrected chi connectivity index (χ1v) is 7.23. The van der Waals surface area contributed by atoms with Gasteiger partial charge in [-0.25, -0.2) is 15.0 Å². The van der Waals surface area contributed by atoms with Gasteiger partial charge in [-0.3, -0.25) is 0 Å². The van der Waals surface area contributed by atoms with E-state index in [0.717, 1.165) is 35.8 Å². The van der Waals surface area contributed by atoms with Gasteiger partial charge in [-0.05, 0) is 28.8 Å². The molecule has 1 aliphatic heterocycles. The third-order valence-corrected chi connectivity index (χ3v) is 4.14. The monoisotopic (exact) mass is 321 g/mol. The molecular formula is C13H16BrN5. The van der Waals surface area contributed by atoms with E-state index >= 15 is 0 Å². The average molecular weight is 322 g/mol. The third kappa shape index (κ3) is 2.49. The zero-order valence-electron chi connectivity index (χ0n) is 10.8. The fourth-order valence-corrected chi connectivity index (χ4v) is 3.15. The zero-order valence-corrected chi connectivity index (χ0v) is 12.4. The van der Waals surface area contributed by atoms with Gasteiger partial charge in [0, 0.05) is 50.8 Å². The van der Waals surface area contributed by atoms with E-state index in [1.54, 1.807) is 12.4 Å². The predicted molar refractivity (Wildman–Crippen MR) is 77.1 cm³/mol. The molecule has 3 rings (SSSR count). The quantitative estimate of drug-likeness (QED) is 0.852. The third-order valence-electron chi connectivity index (χ3n) is 3.58. The van der Waals surface area contributed by atoms with E-state index in [4.69, 9.17) is 0 Å². The highest BCUT2D eigenvalue weighted by Gasteiger charge is 2.25. The second-order valence-electron chi connectivity index (χ2n) is 4.85. The smallest absolute Gasteiger partial charge is 0.161 e. The van der Waals surface area contributed by atoms with Gasteiger partial charge in [0.1, 0.15) is 10.4 Å². The van der Waals surface area contributed by atoms with Gasteiger partial charge in [-0.15, -0.1) is 0 Å². The number of hydrogen-bond donors (Lipinski definition) is 0. The molecule has 1 aliphatic rings. The lowest BCUT2D eigenvalue weighted by molar-refractivity contribution is 0.478. The summed E-state index contributed by atoms with van der Waals surface area (Å²) < 4.78 is 2.93. The van der Waals surface area contributed by atoms with Crippen molar-refractivity contribution in [3.05, 3.63) is 35.2 Å². The Bertz CT molecular complexity index is 568. The highest BCUT2D eigenvalue weighted by molar-refractivity contribution is 9.10. The van der Waals surface area contributed by atoms with Crippen molar-refractivity contribution in [1.82, 2.24) is 19.5 Å². The summed E-state index contributed by atoms with van der Waals surface area (Å²) in [5.41, 5.74) is 0. The molecule has 0 amide bonds. The highest BCUT2D eigenvalue weighted by atomic mass is 79.9. The van der Waals surface area contributed by atoms with E-state index in [2.05, 4.69) is 47.4 Å². The number of nitrogens with zero attached hydrogens (tertiary/aromatic N) is 5. The number of rotatable bonds is 2. The van der Waals surface area contributed by atoms with Gasteiger partial charge in [0.05, 0.1) is 0 Å². The molecule has 2 aromatic rings. The SMILES string of the molecule is Cn1ccnc1C1CCCN(c2nccnc2Br)C1. The molecule has 0 saturated carbocycles. The molecular weight excluding hydrogens is 306 g/mol. The fourth-order valence-electron chi connectivity index (χ4n) is 2.68. The van der Waals surface area contributed by atoms with Crippen LogP contribution in [0.2, 0.25) is 0 Å². The molecule has 5 nitrogen and oxygen atoms in total. The molecule has 1 unspecified atom stereocenters. The van der Waals surface area contributed by atoms with Gasteiger partial charge < -0.3 is 9.47 Å². The molecule has 0 aliphatic carbocycles. The van der Waals surface area contributed by atoms with Crippen molar-refractivity contribution in [3.8, 4) is 0 Å². The Morgan fingerprint density at radius 3 is 2.79 bits per heavy atom. The molecule has 1 fully saturated rings. The molecule has 0 radical (unpaired) electrons. The fraction of sp³-hybridized carbons (Fsp3) is 0.462. The number of aromatic nitrogens is 4. The maximum atomic E-state index is 4.48. The van der Waals surface area contributed by atoms with Crippen molar-refractivity contribution in [2.24, 2.45) is 7.05 Å². The number of hydrogen-bond acceptors (Lipinski definition) is 4. The van der Waals surface area contributed by atoms with Crippen LogP contribution in [0.1, 0.15) is 24.6 Å². The van der Waals surface area contributed by atoms with Crippen LogP contribution in [-0.4, -0.2) is 32.6 Å². The van der Waals surface area contributed by atoms with Crippen LogP contribution in [0.5, 0.6) is 0 Å². The lowest BCUT2D eigenvalue weighted by atomic mass is 9.97. The van der Waals surface area contributed by atoms with Crippen LogP contribution in [0.3, 0.4) is 0 Å². The number of halogens is 1. The van der Waals surface area contributed by atoms with Crippen LogP contribution in [0, 0.1) is 0 Å². The first-order valence-electron chi connectivity index (χ1n) is 6.44. The van der Waals surface area contributed by atoms with Crippen LogP contribution in [0.15, 0.2) is 29.4 Å². The molecule has 0 N–H and O–H groups in total. The van der Waals surface area contributed by atoms with Gasteiger partial charge >= 0.3 is 0 Å². The Balaban J connectivity index is 1.83. The van der Waals surface area contributed by atoms with E-state index in [9.17, 15) is 0 Å². The van der Waals surface area contributed by atoms with Gasteiger partial charge in [0.25, 0.3) is 0 Å². The van der Waals surface area contributed by atoms with Crippen molar-refractivity contribution in [3.63, 3.8) is 0 Å². The minimum Gasteiger partial charge on any atom is -0.354 e. The van der Waals surface area contributed by atoms with E-state index < -0.39 is 0 Å². The van der Waals surface area contributed by atoms with E-state index in [0.29, 0.717) is 5.92 Å². The first kappa shape index (κ1) is 12.6. The van der Waals surface area contributed by atoms with Crippen molar-refractivity contribution >= 4 is 21.7 Å². The summed E-state index contributed by atoms with van der Waals surface area (Å²) >= 11 is 3.48. The second-order valence-corrected chi connectivity index (χ2v) is 5.60. The topological polar surface area (TPSA) is 46.8 Å². The van der Waals surface area contributed by atoms with Gasteiger partial charge in [0.2, 0.25) is 0 Å². The van der Waals surface area contributed by atoms with Crippen molar-refractivity contribution in [2.75, 3.05) is 18.0 Å². The minimum atomic E-state index is 0.461. The van der Waals surface area contributed by atoms with Crippen molar-refractivity contribution in [2.45, 2.75) is 18.8 Å². The number of aryl methyl sites for hydroxylation is 1. The number of anilines is 1. The maximum absolute atomic E-state index is 4.48. The van der Waals surface area contributed by atoms with Gasteiger partial charge in [-0.2, -0.15) is 0 Å². The van der Waals surface area contributed by atoms with Crippen LogP contribution in [0.25, 0.3) is 0 Å². The molecule has 0 spiro atoms. The van der Waals surface area contributed by atoms with E-state index in [1.165, 1.54) is 6.42 Å². The van der Waals surface area contributed by atoms with Gasteiger partial charge in [-0.1, -0.05) is 0 Å². The Morgan fingerprint density at radius 1 is 1.21 bits per heavy atom. The number of imidazole rings is 1. The zero-order chi connectivity index (χ0) is 13.2. The van der Waals surface area contributed by atoms with Crippen LogP contribution in [-0.2, 0) is 7.05 Å². The summed E-state index contributed by atoms with van der Waals surface area (Å²) in [4.78, 5) is 15.5. The van der Waals surface area contributed by atoms with E-state index in [-0.39, 0.29) is 0 Å². The second kappa shape index (κ2) is 5.28. The first-order chi connectivity index (χ1) is 9.25. The molecule has 100 valence electrons.